The summed E-state index contributed by atoms with van der Waals surface area (Å²) in [5, 5.41) is 13.0. The lowest BCUT2D eigenvalue weighted by atomic mass is 10.3. The van der Waals surface area contributed by atoms with Crippen LogP contribution in [-0.2, 0) is 11.3 Å². The van der Waals surface area contributed by atoms with Gasteiger partial charge in [-0.2, -0.15) is 0 Å². The summed E-state index contributed by atoms with van der Waals surface area (Å²) < 4.78 is 6.53. The first-order valence-corrected chi connectivity index (χ1v) is 8.65. The van der Waals surface area contributed by atoms with Gasteiger partial charge in [0, 0.05) is 11.4 Å². The third-order valence-electron chi connectivity index (χ3n) is 3.76. The predicted octanol–water partition coefficient (Wildman–Crippen LogP) is 2.15. The number of para-hydroxylation sites is 1. The highest BCUT2D eigenvalue weighted by Gasteiger charge is 2.19. The number of rotatable bonds is 7. The molecule has 1 heterocycles. The number of nitrogen functional groups attached to an aromatic ring is 1. The van der Waals surface area contributed by atoms with Crippen LogP contribution >= 0.6 is 0 Å². The van der Waals surface area contributed by atoms with Gasteiger partial charge in [-0.15, -0.1) is 5.10 Å². The van der Waals surface area contributed by atoms with Gasteiger partial charge in [0.25, 0.3) is 5.91 Å². The molecule has 0 aliphatic rings. The van der Waals surface area contributed by atoms with Crippen molar-refractivity contribution < 1.29 is 14.3 Å². The molecule has 0 unspecified atom stereocenters. The lowest BCUT2D eigenvalue weighted by Gasteiger charge is -2.08. The van der Waals surface area contributed by atoms with E-state index in [4.69, 9.17) is 10.5 Å². The summed E-state index contributed by atoms with van der Waals surface area (Å²) in [4.78, 5) is 24.5. The number of nitrogens with one attached hydrogen (secondary N) is 2. The Balaban J connectivity index is 1.61. The Hall–Kier alpha value is -3.88. The number of hydrogen-bond donors (Lipinski definition) is 3. The molecular formula is C19H20N6O3. The normalized spacial score (nSPS) is 10.3. The number of hydrogen-bond acceptors (Lipinski definition) is 6. The molecule has 0 saturated heterocycles. The van der Waals surface area contributed by atoms with Crippen molar-refractivity contribution in [2.45, 2.75) is 13.5 Å². The smallest absolute Gasteiger partial charge is 0.280 e. The number of aromatic nitrogens is 3. The Morgan fingerprint density at radius 2 is 1.71 bits per heavy atom. The molecule has 144 valence electrons. The molecule has 9 heteroatoms. The van der Waals surface area contributed by atoms with E-state index in [0.29, 0.717) is 18.0 Å². The van der Waals surface area contributed by atoms with Crippen LogP contribution < -0.4 is 21.1 Å². The van der Waals surface area contributed by atoms with Crippen LogP contribution in [0.2, 0.25) is 0 Å². The lowest BCUT2D eigenvalue weighted by molar-refractivity contribution is -0.116. The SMILES string of the molecule is CCOc1ccc(NC(=O)Cn2nnc(C(=O)Nc3ccccc3)c2N)cc1. The van der Waals surface area contributed by atoms with Crippen molar-refractivity contribution in [1.82, 2.24) is 15.0 Å². The van der Waals surface area contributed by atoms with Crippen molar-refractivity contribution in [2.75, 3.05) is 23.0 Å². The van der Waals surface area contributed by atoms with Crippen LogP contribution in [0.15, 0.2) is 54.6 Å². The average molecular weight is 380 g/mol. The molecule has 0 saturated carbocycles. The monoisotopic (exact) mass is 380 g/mol. The standard InChI is InChI=1S/C19H20N6O3/c1-2-28-15-10-8-14(9-11-15)21-16(26)12-25-18(20)17(23-24-25)19(27)22-13-6-4-3-5-7-13/h3-11H,2,12,20H2,1H3,(H,21,26)(H,22,27). The maximum Gasteiger partial charge on any atom is 0.280 e. The molecular weight excluding hydrogens is 360 g/mol. The van der Waals surface area contributed by atoms with Crippen LogP contribution in [0, 0.1) is 0 Å². The van der Waals surface area contributed by atoms with Gasteiger partial charge in [-0.05, 0) is 43.3 Å². The van der Waals surface area contributed by atoms with E-state index in [2.05, 4.69) is 20.9 Å². The molecule has 4 N–H and O–H groups in total. The summed E-state index contributed by atoms with van der Waals surface area (Å²) in [5.41, 5.74) is 7.10. The van der Waals surface area contributed by atoms with Gasteiger partial charge in [-0.1, -0.05) is 23.4 Å². The van der Waals surface area contributed by atoms with E-state index in [1.807, 2.05) is 13.0 Å². The van der Waals surface area contributed by atoms with E-state index in [1.165, 1.54) is 4.68 Å². The fourth-order valence-corrected chi connectivity index (χ4v) is 2.45. The van der Waals surface area contributed by atoms with E-state index in [9.17, 15) is 9.59 Å². The first-order chi connectivity index (χ1) is 13.6. The average Bonchev–Trinajstić information content (AvgIpc) is 3.05. The number of carbonyl (C=O) groups is 2. The number of benzene rings is 2. The lowest BCUT2D eigenvalue weighted by Crippen LogP contribution is -2.21. The highest BCUT2D eigenvalue weighted by atomic mass is 16.5. The van der Waals surface area contributed by atoms with E-state index >= 15 is 0 Å². The molecule has 0 aliphatic carbocycles. The molecule has 2 amide bonds. The Morgan fingerprint density at radius 3 is 2.39 bits per heavy atom. The maximum atomic E-state index is 12.3. The van der Waals surface area contributed by atoms with Gasteiger partial charge in [0.1, 0.15) is 12.3 Å². The molecule has 9 nitrogen and oxygen atoms in total. The second kappa shape index (κ2) is 8.67. The second-order valence-electron chi connectivity index (χ2n) is 5.81. The summed E-state index contributed by atoms with van der Waals surface area (Å²) in [6.45, 7) is 2.29. The van der Waals surface area contributed by atoms with Crippen molar-refractivity contribution in [3.05, 3.63) is 60.3 Å². The molecule has 3 aromatic rings. The summed E-state index contributed by atoms with van der Waals surface area (Å²) in [6.07, 6.45) is 0. The summed E-state index contributed by atoms with van der Waals surface area (Å²) in [7, 11) is 0. The van der Waals surface area contributed by atoms with Crippen LogP contribution in [0.3, 0.4) is 0 Å². The van der Waals surface area contributed by atoms with Crippen molar-refractivity contribution >= 4 is 29.0 Å². The van der Waals surface area contributed by atoms with Gasteiger partial charge in [-0.3, -0.25) is 9.59 Å². The van der Waals surface area contributed by atoms with E-state index in [-0.39, 0.29) is 24.0 Å². The van der Waals surface area contributed by atoms with Gasteiger partial charge >= 0.3 is 0 Å². The van der Waals surface area contributed by atoms with Crippen molar-refractivity contribution in [1.29, 1.82) is 0 Å². The Labute approximate surface area is 161 Å². The highest BCUT2D eigenvalue weighted by molar-refractivity contribution is 6.05. The van der Waals surface area contributed by atoms with Crippen LogP contribution in [0.1, 0.15) is 17.4 Å². The minimum atomic E-state index is -0.498. The number of anilines is 3. The van der Waals surface area contributed by atoms with E-state index < -0.39 is 5.91 Å². The van der Waals surface area contributed by atoms with Crippen molar-refractivity contribution in [3.63, 3.8) is 0 Å². The third kappa shape index (κ3) is 4.64. The molecule has 2 aromatic carbocycles. The van der Waals surface area contributed by atoms with Crippen LogP contribution in [0.4, 0.5) is 17.2 Å². The molecule has 0 radical (unpaired) electrons. The third-order valence-corrected chi connectivity index (χ3v) is 3.76. The fraction of sp³-hybridized carbons (Fsp3) is 0.158. The molecule has 0 aliphatic heterocycles. The van der Waals surface area contributed by atoms with Gasteiger partial charge in [0.15, 0.2) is 11.5 Å². The van der Waals surface area contributed by atoms with Gasteiger partial charge in [0.05, 0.1) is 6.61 Å². The molecule has 0 bridgehead atoms. The molecule has 28 heavy (non-hydrogen) atoms. The number of amides is 2. The Morgan fingerprint density at radius 1 is 1.04 bits per heavy atom. The largest absolute Gasteiger partial charge is 0.494 e. The first kappa shape index (κ1) is 18.9. The number of ether oxygens (including phenoxy) is 1. The van der Waals surface area contributed by atoms with Crippen molar-refractivity contribution in [3.8, 4) is 5.75 Å². The first-order valence-electron chi connectivity index (χ1n) is 8.65. The predicted molar refractivity (Wildman–Crippen MR) is 105 cm³/mol. The molecule has 0 atom stereocenters. The highest BCUT2D eigenvalue weighted by Crippen LogP contribution is 2.16. The minimum absolute atomic E-state index is 0.00951. The van der Waals surface area contributed by atoms with Gasteiger partial charge in [0.2, 0.25) is 5.91 Å². The van der Waals surface area contributed by atoms with Gasteiger partial charge < -0.3 is 21.1 Å². The second-order valence-corrected chi connectivity index (χ2v) is 5.81. The zero-order valence-corrected chi connectivity index (χ0v) is 15.3. The number of carbonyl (C=O) groups excluding carboxylic acids is 2. The minimum Gasteiger partial charge on any atom is -0.494 e. The van der Waals surface area contributed by atoms with E-state index in [0.717, 1.165) is 5.75 Å². The zero-order chi connectivity index (χ0) is 19.9. The number of nitrogens with two attached hydrogens (primary N) is 1. The van der Waals surface area contributed by atoms with E-state index in [1.54, 1.807) is 48.5 Å². The van der Waals surface area contributed by atoms with Gasteiger partial charge in [-0.25, -0.2) is 4.68 Å². The molecule has 1 aromatic heterocycles. The van der Waals surface area contributed by atoms with Crippen molar-refractivity contribution in [2.24, 2.45) is 0 Å². The van der Waals surface area contributed by atoms with Crippen LogP contribution in [0.25, 0.3) is 0 Å². The fourth-order valence-electron chi connectivity index (χ4n) is 2.45. The summed E-state index contributed by atoms with van der Waals surface area (Å²) in [5.74, 6) is -0.122. The Bertz CT molecular complexity index is 954. The summed E-state index contributed by atoms with van der Waals surface area (Å²) in [6, 6.07) is 15.9. The molecule has 0 fully saturated rings. The molecule has 3 rings (SSSR count). The number of nitrogens with zero attached hydrogens (tertiary/aromatic N) is 3. The quantitative estimate of drug-likeness (QED) is 0.577. The summed E-state index contributed by atoms with van der Waals surface area (Å²) >= 11 is 0. The topological polar surface area (TPSA) is 124 Å². The van der Waals surface area contributed by atoms with Crippen LogP contribution in [-0.4, -0.2) is 33.4 Å². The zero-order valence-electron chi connectivity index (χ0n) is 15.3. The molecule has 0 spiro atoms. The maximum absolute atomic E-state index is 12.3. The Kier molecular flexibility index (Phi) is 5.85. The van der Waals surface area contributed by atoms with Crippen LogP contribution in [0.5, 0.6) is 5.75 Å².